The second-order valence-electron chi connectivity index (χ2n) is 5.50. The van der Waals surface area contributed by atoms with Crippen molar-refractivity contribution in [2.45, 2.75) is 13.8 Å². The fourth-order valence-electron chi connectivity index (χ4n) is 2.02. The average molecular weight is 467 g/mol. The molecule has 0 radical (unpaired) electrons. The zero-order valence-electron chi connectivity index (χ0n) is 14.1. The van der Waals surface area contributed by atoms with Gasteiger partial charge in [-0.2, -0.15) is 0 Å². The first-order valence-corrected chi connectivity index (χ1v) is 8.99. The van der Waals surface area contributed by atoms with Crippen molar-refractivity contribution in [1.29, 1.82) is 0 Å². The molecule has 7 heteroatoms. The summed E-state index contributed by atoms with van der Waals surface area (Å²) in [7, 11) is 1.71. The van der Waals surface area contributed by atoms with E-state index in [0.717, 1.165) is 20.5 Å². The van der Waals surface area contributed by atoms with Crippen LogP contribution in [0.3, 0.4) is 0 Å². The van der Waals surface area contributed by atoms with E-state index in [1.165, 1.54) is 6.92 Å². The van der Waals surface area contributed by atoms with Gasteiger partial charge < -0.3 is 10.2 Å². The zero-order valence-corrected chi connectivity index (χ0v) is 17.1. The van der Waals surface area contributed by atoms with Crippen LogP contribution in [0.5, 0.6) is 0 Å². The van der Waals surface area contributed by atoms with Gasteiger partial charge >= 0.3 is 0 Å². The highest BCUT2D eigenvalue weighted by Gasteiger charge is 2.10. The molecule has 0 atom stereocenters. The van der Waals surface area contributed by atoms with Crippen molar-refractivity contribution >= 4 is 63.1 Å². The molecule has 0 unspecified atom stereocenters. The van der Waals surface area contributed by atoms with E-state index in [1.807, 2.05) is 19.1 Å². The number of benzene rings is 2. The number of nitrogens with zero attached hydrogens (tertiary/aromatic N) is 1. The maximum absolute atomic E-state index is 12.2. The highest BCUT2D eigenvalue weighted by atomic mass is 127. The van der Waals surface area contributed by atoms with Crippen LogP contribution in [0.4, 0.5) is 11.4 Å². The van der Waals surface area contributed by atoms with E-state index in [-0.39, 0.29) is 16.9 Å². The van der Waals surface area contributed by atoms with Gasteiger partial charge in [-0.05, 0) is 83.7 Å². The van der Waals surface area contributed by atoms with Crippen molar-refractivity contribution in [3.63, 3.8) is 0 Å². The third-order valence-corrected chi connectivity index (χ3v) is 5.01. The molecular formula is C18H18IN3O2S. The van der Waals surface area contributed by atoms with Crippen molar-refractivity contribution < 1.29 is 9.59 Å². The monoisotopic (exact) mass is 467 g/mol. The van der Waals surface area contributed by atoms with Gasteiger partial charge in [0.1, 0.15) is 0 Å². The van der Waals surface area contributed by atoms with E-state index in [9.17, 15) is 9.59 Å². The highest BCUT2D eigenvalue weighted by molar-refractivity contribution is 14.1. The Kier molecular flexibility index (Phi) is 6.49. The summed E-state index contributed by atoms with van der Waals surface area (Å²) in [5.74, 6) is -0.306. The zero-order chi connectivity index (χ0) is 18.6. The average Bonchev–Trinajstić information content (AvgIpc) is 2.57. The molecule has 0 bridgehead atoms. The molecule has 2 rings (SSSR count). The van der Waals surface area contributed by atoms with E-state index >= 15 is 0 Å². The van der Waals surface area contributed by atoms with E-state index in [0.29, 0.717) is 5.56 Å². The summed E-state index contributed by atoms with van der Waals surface area (Å²) in [4.78, 5) is 25.1. The molecule has 2 amide bonds. The first kappa shape index (κ1) is 19.3. The molecule has 0 aromatic heterocycles. The Balaban J connectivity index is 1.98. The Bertz CT molecular complexity index is 822. The number of carbonyl (C=O) groups is 2. The lowest BCUT2D eigenvalue weighted by Crippen LogP contribution is -2.34. The number of hydrogen-bond acceptors (Lipinski definition) is 3. The summed E-state index contributed by atoms with van der Waals surface area (Å²) < 4.78 is 1.02. The molecule has 0 aliphatic carbocycles. The number of rotatable bonds is 3. The molecule has 25 heavy (non-hydrogen) atoms. The van der Waals surface area contributed by atoms with Crippen LogP contribution in [0.15, 0.2) is 42.5 Å². The quantitative estimate of drug-likeness (QED) is 0.534. The Hall–Kier alpha value is -2.00. The lowest BCUT2D eigenvalue weighted by atomic mass is 10.1. The van der Waals surface area contributed by atoms with Gasteiger partial charge in [-0.25, -0.2) is 0 Å². The molecule has 5 nitrogen and oxygen atoms in total. The molecule has 0 saturated carbocycles. The fourth-order valence-corrected chi connectivity index (χ4v) is 2.75. The summed E-state index contributed by atoms with van der Waals surface area (Å²) >= 11 is 7.38. The van der Waals surface area contributed by atoms with Crippen LogP contribution < -0.4 is 15.5 Å². The molecule has 0 fully saturated rings. The van der Waals surface area contributed by atoms with Gasteiger partial charge in [0, 0.05) is 34.5 Å². The maximum Gasteiger partial charge on any atom is 0.257 e. The summed E-state index contributed by atoms with van der Waals surface area (Å²) in [6, 6.07) is 12.7. The van der Waals surface area contributed by atoms with Crippen molar-refractivity contribution in [3.05, 3.63) is 57.2 Å². The van der Waals surface area contributed by atoms with Crippen molar-refractivity contribution in [1.82, 2.24) is 5.32 Å². The van der Waals surface area contributed by atoms with Crippen LogP contribution in [0, 0.1) is 10.5 Å². The van der Waals surface area contributed by atoms with Gasteiger partial charge in [0.25, 0.3) is 5.91 Å². The van der Waals surface area contributed by atoms with Crippen molar-refractivity contribution in [2.75, 3.05) is 17.3 Å². The summed E-state index contributed by atoms with van der Waals surface area (Å²) in [5, 5.41) is 5.83. The molecule has 0 aliphatic heterocycles. The number of hydrogen-bond donors (Lipinski definition) is 2. The molecule has 0 aliphatic rings. The molecule has 0 spiro atoms. The van der Waals surface area contributed by atoms with Crippen LogP contribution in [0.25, 0.3) is 0 Å². The number of carbonyl (C=O) groups excluding carboxylic acids is 2. The minimum absolute atomic E-state index is 0.0452. The van der Waals surface area contributed by atoms with Crippen molar-refractivity contribution in [3.8, 4) is 0 Å². The summed E-state index contributed by atoms with van der Waals surface area (Å²) in [5.41, 5.74) is 3.18. The van der Waals surface area contributed by atoms with Gasteiger partial charge in [-0.3, -0.25) is 14.9 Å². The van der Waals surface area contributed by atoms with Gasteiger partial charge in [-0.1, -0.05) is 6.07 Å². The molecule has 130 valence electrons. The van der Waals surface area contributed by atoms with Gasteiger partial charge in [0.15, 0.2) is 5.11 Å². The Morgan fingerprint density at radius 3 is 2.32 bits per heavy atom. The molecule has 0 saturated heterocycles. The number of thiocarbonyl (C=S) groups is 1. The second kappa shape index (κ2) is 8.39. The maximum atomic E-state index is 12.2. The Morgan fingerprint density at radius 1 is 1.12 bits per heavy atom. The SMILES string of the molecule is CC(=O)N(C)c1ccc(NC(=S)NC(=O)c2ccc(C)c(I)c2)cc1. The van der Waals surface area contributed by atoms with Crippen LogP contribution >= 0.6 is 34.8 Å². The first-order chi connectivity index (χ1) is 11.8. The topological polar surface area (TPSA) is 61.4 Å². The number of nitrogens with one attached hydrogen (secondary N) is 2. The fraction of sp³-hybridized carbons (Fsp3) is 0.167. The van der Waals surface area contributed by atoms with Crippen LogP contribution in [0.1, 0.15) is 22.8 Å². The lowest BCUT2D eigenvalue weighted by molar-refractivity contribution is -0.116. The standard InChI is InChI=1S/C18H18IN3O2S/c1-11-4-5-13(10-16(11)19)17(24)21-18(25)20-14-6-8-15(9-7-14)22(3)12(2)23/h4-10H,1-3H3,(H2,20,21,24,25). The Morgan fingerprint density at radius 2 is 1.76 bits per heavy atom. The summed E-state index contributed by atoms with van der Waals surface area (Å²) in [6.07, 6.45) is 0. The van der Waals surface area contributed by atoms with E-state index in [1.54, 1.807) is 42.3 Å². The Labute approximate surface area is 165 Å². The number of aryl methyl sites for hydroxylation is 1. The number of anilines is 2. The van der Waals surface area contributed by atoms with Gasteiger partial charge in [0.2, 0.25) is 5.91 Å². The molecule has 2 N–H and O–H groups in total. The summed E-state index contributed by atoms with van der Waals surface area (Å²) in [6.45, 7) is 3.49. The predicted octanol–water partition coefficient (Wildman–Crippen LogP) is 3.71. The second-order valence-corrected chi connectivity index (χ2v) is 7.07. The minimum atomic E-state index is -0.261. The van der Waals surface area contributed by atoms with Gasteiger partial charge in [0.05, 0.1) is 0 Å². The van der Waals surface area contributed by atoms with Crippen LogP contribution in [0.2, 0.25) is 0 Å². The van der Waals surface area contributed by atoms with E-state index < -0.39 is 0 Å². The number of amides is 2. The molecule has 2 aromatic rings. The highest BCUT2D eigenvalue weighted by Crippen LogP contribution is 2.17. The normalized spacial score (nSPS) is 10.1. The molecule has 0 heterocycles. The molecular weight excluding hydrogens is 449 g/mol. The van der Waals surface area contributed by atoms with Gasteiger partial charge in [-0.15, -0.1) is 0 Å². The van der Waals surface area contributed by atoms with Crippen molar-refractivity contribution in [2.24, 2.45) is 0 Å². The number of halogens is 1. The molecule has 2 aromatic carbocycles. The first-order valence-electron chi connectivity index (χ1n) is 7.51. The smallest absolute Gasteiger partial charge is 0.257 e. The van der Waals surface area contributed by atoms with E-state index in [4.69, 9.17) is 12.2 Å². The third kappa shape index (κ3) is 5.23. The lowest BCUT2D eigenvalue weighted by Gasteiger charge is -2.16. The third-order valence-electron chi connectivity index (χ3n) is 3.65. The minimum Gasteiger partial charge on any atom is -0.332 e. The largest absolute Gasteiger partial charge is 0.332 e. The van der Waals surface area contributed by atoms with Crippen LogP contribution in [-0.2, 0) is 4.79 Å². The van der Waals surface area contributed by atoms with E-state index in [2.05, 4.69) is 33.2 Å². The van der Waals surface area contributed by atoms with Crippen LogP contribution in [-0.4, -0.2) is 24.0 Å². The predicted molar refractivity (Wildman–Crippen MR) is 113 cm³/mol.